The molecule has 0 atom stereocenters. The number of nitrogens with one attached hydrogen (secondary N) is 1. The Kier molecular flexibility index (Phi) is 5.49. The zero-order valence-corrected chi connectivity index (χ0v) is 13.0. The Morgan fingerprint density at radius 1 is 1.14 bits per heavy atom. The SMILES string of the molecule is CCOC(=O)Nc1ccc(Oc2ccc(Cl)cc2)c(OC)c1. The zero-order chi connectivity index (χ0) is 15.9. The van der Waals surface area contributed by atoms with E-state index in [0.717, 1.165) is 0 Å². The van der Waals surface area contributed by atoms with E-state index < -0.39 is 6.09 Å². The van der Waals surface area contributed by atoms with Gasteiger partial charge in [0.1, 0.15) is 5.75 Å². The lowest BCUT2D eigenvalue weighted by atomic mass is 10.2. The number of anilines is 1. The van der Waals surface area contributed by atoms with Crippen molar-refractivity contribution in [1.29, 1.82) is 0 Å². The first-order valence-corrected chi connectivity index (χ1v) is 7.05. The van der Waals surface area contributed by atoms with Gasteiger partial charge in [0.2, 0.25) is 0 Å². The van der Waals surface area contributed by atoms with Gasteiger partial charge in [0.25, 0.3) is 0 Å². The van der Waals surface area contributed by atoms with E-state index in [1.807, 2.05) is 0 Å². The van der Waals surface area contributed by atoms with Crippen LogP contribution in [0.15, 0.2) is 42.5 Å². The van der Waals surface area contributed by atoms with Crippen LogP contribution in [0.4, 0.5) is 10.5 Å². The van der Waals surface area contributed by atoms with Gasteiger partial charge < -0.3 is 14.2 Å². The number of hydrogen-bond acceptors (Lipinski definition) is 4. The summed E-state index contributed by atoms with van der Waals surface area (Å²) >= 11 is 5.84. The fraction of sp³-hybridized carbons (Fsp3) is 0.188. The van der Waals surface area contributed by atoms with Crippen molar-refractivity contribution in [3.63, 3.8) is 0 Å². The van der Waals surface area contributed by atoms with Crippen LogP contribution in [0.1, 0.15) is 6.92 Å². The lowest BCUT2D eigenvalue weighted by molar-refractivity contribution is 0.168. The Balaban J connectivity index is 2.15. The van der Waals surface area contributed by atoms with Gasteiger partial charge in [-0.2, -0.15) is 0 Å². The zero-order valence-electron chi connectivity index (χ0n) is 12.3. The maximum Gasteiger partial charge on any atom is 0.411 e. The Labute approximate surface area is 133 Å². The number of amides is 1. The van der Waals surface area contributed by atoms with Gasteiger partial charge in [-0.1, -0.05) is 11.6 Å². The molecular formula is C16H16ClNO4. The molecule has 0 bridgehead atoms. The van der Waals surface area contributed by atoms with E-state index in [2.05, 4.69) is 5.32 Å². The molecule has 0 radical (unpaired) electrons. The number of rotatable bonds is 5. The number of halogens is 1. The van der Waals surface area contributed by atoms with E-state index in [-0.39, 0.29) is 0 Å². The fourth-order valence-electron chi connectivity index (χ4n) is 1.74. The van der Waals surface area contributed by atoms with Crippen LogP contribution in [0.5, 0.6) is 17.2 Å². The summed E-state index contributed by atoms with van der Waals surface area (Å²) in [7, 11) is 1.53. The predicted molar refractivity (Wildman–Crippen MR) is 85.2 cm³/mol. The minimum absolute atomic E-state index is 0.306. The Bertz CT molecular complexity index is 643. The van der Waals surface area contributed by atoms with Gasteiger partial charge in [0, 0.05) is 16.8 Å². The second-order valence-corrected chi connectivity index (χ2v) is 4.70. The molecule has 0 fully saturated rings. The van der Waals surface area contributed by atoms with E-state index in [1.54, 1.807) is 49.4 Å². The topological polar surface area (TPSA) is 56.8 Å². The van der Waals surface area contributed by atoms with E-state index in [0.29, 0.717) is 34.6 Å². The summed E-state index contributed by atoms with van der Waals surface area (Å²) in [6.07, 6.45) is -0.518. The molecule has 0 saturated carbocycles. The van der Waals surface area contributed by atoms with Crippen molar-refractivity contribution in [1.82, 2.24) is 0 Å². The molecule has 5 nitrogen and oxygen atoms in total. The highest BCUT2D eigenvalue weighted by Crippen LogP contribution is 2.34. The number of carbonyl (C=O) groups is 1. The highest BCUT2D eigenvalue weighted by atomic mass is 35.5. The van der Waals surface area contributed by atoms with Crippen molar-refractivity contribution in [2.45, 2.75) is 6.92 Å². The smallest absolute Gasteiger partial charge is 0.411 e. The fourth-order valence-corrected chi connectivity index (χ4v) is 1.87. The van der Waals surface area contributed by atoms with Crippen LogP contribution in [-0.4, -0.2) is 19.8 Å². The van der Waals surface area contributed by atoms with Crippen LogP contribution in [0.3, 0.4) is 0 Å². The molecule has 0 heterocycles. The Hall–Kier alpha value is -2.40. The Morgan fingerprint density at radius 3 is 2.50 bits per heavy atom. The normalized spacial score (nSPS) is 9.95. The van der Waals surface area contributed by atoms with Crippen LogP contribution in [-0.2, 0) is 4.74 Å². The van der Waals surface area contributed by atoms with Gasteiger partial charge >= 0.3 is 6.09 Å². The summed E-state index contributed by atoms with van der Waals surface area (Å²) in [5.74, 6) is 1.65. The molecule has 2 aromatic carbocycles. The molecule has 0 aromatic heterocycles. The van der Waals surface area contributed by atoms with Crippen LogP contribution in [0.25, 0.3) is 0 Å². The first-order chi connectivity index (χ1) is 10.6. The van der Waals surface area contributed by atoms with E-state index in [4.69, 9.17) is 25.8 Å². The van der Waals surface area contributed by atoms with Crippen molar-refractivity contribution >= 4 is 23.4 Å². The highest BCUT2D eigenvalue weighted by Gasteiger charge is 2.09. The summed E-state index contributed by atoms with van der Waals surface area (Å²) < 4.78 is 15.8. The summed E-state index contributed by atoms with van der Waals surface area (Å²) in [6, 6.07) is 12.0. The molecular weight excluding hydrogens is 306 g/mol. The van der Waals surface area contributed by atoms with Crippen molar-refractivity contribution in [2.24, 2.45) is 0 Å². The first-order valence-electron chi connectivity index (χ1n) is 6.67. The molecule has 1 amide bonds. The number of carbonyl (C=O) groups excluding carboxylic acids is 1. The molecule has 2 rings (SSSR count). The average molecular weight is 322 g/mol. The first kappa shape index (κ1) is 16.0. The second kappa shape index (κ2) is 7.56. The molecule has 22 heavy (non-hydrogen) atoms. The van der Waals surface area contributed by atoms with Gasteiger partial charge in [-0.25, -0.2) is 4.79 Å². The summed E-state index contributed by atoms with van der Waals surface area (Å²) in [6.45, 7) is 2.05. The third-order valence-electron chi connectivity index (χ3n) is 2.73. The van der Waals surface area contributed by atoms with Crippen LogP contribution in [0.2, 0.25) is 5.02 Å². The highest BCUT2D eigenvalue weighted by molar-refractivity contribution is 6.30. The van der Waals surface area contributed by atoms with Crippen LogP contribution < -0.4 is 14.8 Å². The van der Waals surface area contributed by atoms with Crippen LogP contribution in [0, 0.1) is 0 Å². The maximum atomic E-state index is 11.4. The number of ether oxygens (including phenoxy) is 3. The van der Waals surface area contributed by atoms with Crippen molar-refractivity contribution < 1.29 is 19.0 Å². The standard InChI is InChI=1S/C16H16ClNO4/c1-3-21-16(19)18-12-6-9-14(15(10-12)20-2)22-13-7-4-11(17)5-8-13/h4-10H,3H2,1-2H3,(H,18,19). The van der Waals surface area contributed by atoms with E-state index in [1.165, 1.54) is 7.11 Å². The lowest BCUT2D eigenvalue weighted by Gasteiger charge is -2.12. The van der Waals surface area contributed by atoms with Gasteiger partial charge in [-0.3, -0.25) is 5.32 Å². The molecule has 0 saturated heterocycles. The van der Waals surface area contributed by atoms with Crippen molar-refractivity contribution in [3.8, 4) is 17.2 Å². The van der Waals surface area contributed by atoms with Crippen molar-refractivity contribution in [3.05, 3.63) is 47.5 Å². The third kappa shape index (κ3) is 4.30. The molecule has 116 valence electrons. The molecule has 2 aromatic rings. The average Bonchev–Trinajstić information content (AvgIpc) is 2.51. The van der Waals surface area contributed by atoms with E-state index >= 15 is 0 Å². The maximum absolute atomic E-state index is 11.4. The lowest BCUT2D eigenvalue weighted by Crippen LogP contribution is -2.13. The molecule has 6 heteroatoms. The summed E-state index contributed by atoms with van der Waals surface area (Å²) in [4.78, 5) is 11.4. The van der Waals surface area contributed by atoms with Crippen LogP contribution >= 0.6 is 11.6 Å². The second-order valence-electron chi connectivity index (χ2n) is 4.27. The van der Waals surface area contributed by atoms with E-state index in [9.17, 15) is 4.79 Å². The summed E-state index contributed by atoms with van der Waals surface area (Å²) in [5, 5.41) is 3.23. The monoisotopic (exact) mass is 321 g/mol. The molecule has 0 aliphatic rings. The quantitative estimate of drug-likeness (QED) is 0.866. The van der Waals surface area contributed by atoms with Gasteiger partial charge in [-0.15, -0.1) is 0 Å². The molecule has 1 N–H and O–H groups in total. The van der Waals surface area contributed by atoms with Gasteiger partial charge in [0.15, 0.2) is 11.5 Å². The minimum atomic E-state index is -0.518. The van der Waals surface area contributed by atoms with Gasteiger partial charge in [0.05, 0.1) is 13.7 Å². The predicted octanol–water partition coefficient (Wildman–Crippen LogP) is 4.71. The molecule has 0 aliphatic carbocycles. The minimum Gasteiger partial charge on any atom is -0.493 e. The Morgan fingerprint density at radius 2 is 1.86 bits per heavy atom. The largest absolute Gasteiger partial charge is 0.493 e. The molecule has 0 aliphatic heterocycles. The number of methoxy groups -OCH3 is 1. The third-order valence-corrected chi connectivity index (χ3v) is 2.98. The number of hydrogen-bond donors (Lipinski definition) is 1. The van der Waals surface area contributed by atoms with Crippen molar-refractivity contribution in [2.75, 3.05) is 19.0 Å². The molecule has 0 unspecified atom stereocenters. The van der Waals surface area contributed by atoms with Gasteiger partial charge in [-0.05, 0) is 43.3 Å². The summed E-state index contributed by atoms with van der Waals surface area (Å²) in [5.41, 5.74) is 0.554. The number of benzene rings is 2. The molecule has 0 spiro atoms.